The van der Waals surface area contributed by atoms with Crippen molar-refractivity contribution in [3.63, 3.8) is 0 Å². The van der Waals surface area contributed by atoms with Crippen LogP contribution in [0.2, 0.25) is 13.1 Å². The number of hydrogen-bond acceptors (Lipinski definition) is 0. The van der Waals surface area contributed by atoms with Crippen LogP contribution in [0, 0.1) is 11.8 Å². The molecule has 300 valence electrons. The van der Waals surface area contributed by atoms with Gasteiger partial charge in [-0.2, -0.15) is 12.1 Å². The van der Waals surface area contributed by atoms with Crippen LogP contribution in [-0.4, -0.2) is 5.43 Å². The molecule has 4 heteroatoms. The molecule has 0 saturated carbocycles. The summed E-state index contributed by atoms with van der Waals surface area (Å²) in [6.07, 6.45) is 2.26. The van der Waals surface area contributed by atoms with Gasteiger partial charge < -0.3 is 0 Å². The van der Waals surface area contributed by atoms with Gasteiger partial charge in [-0.1, -0.05) is 148 Å². The van der Waals surface area contributed by atoms with E-state index in [9.17, 15) is 0 Å². The van der Waals surface area contributed by atoms with Crippen molar-refractivity contribution in [3.8, 4) is 22.3 Å². The molecule has 0 nitrogen and oxygen atoms in total. The van der Waals surface area contributed by atoms with E-state index < -0.39 is 18.0 Å². The van der Waals surface area contributed by atoms with Crippen molar-refractivity contribution in [2.75, 3.05) is 0 Å². The molecule has 10 aromatic carbocycles. The molecule has 0 radical (unpaired) electrons. The Morgan fingerprint density at radius 2 is 0.767 bits per heavy atom. The molecule has 0 aliphatic carbocycles. The Hall–Kier alpha value is -4.30. The Morgan fingerprint density at radius 3 is 1.13 bits per heavy atom. The standard InChI is InChI=1S/2C27H23.C2H6Si.2ClH.Zr/c2*1-18(2)14-19-15-20-9-7-13-25(26(20)16-19)27-17-21-8-3-4-10-22(21)23-11-5-6-12-24(23)27;1-3-2;;;/h2*3-13,15-18H,14H2,1-2H3;1-2H3;2*1H;/q2*-1;;;;+2/p-2. The van der Waals surface area contributed by atoms with Gasteiger partial charge in [0.2, 0.25) is 0 Å². The Labute approximate surface area is 370 Å². The zero-order chi connectivity index (χ0) is 41.9. The van der Waals surface area contributed by atoms with E-state index in [-0.39, 0.29) is 5.43 Å². The molecule has 0 fully saturated rings. The fourth-order valence-corrected chi connectivity index (χ4v) is 8.80. The number of benzene rings is 8. The molecule has 0 aliphatic heterocycles. The minimum atomic E-state index is -1.65. The predicted octanol–water partition coefficient (Wildman–Crippen LogP) is 17.6. The van der Waals surface area contributed by atoms with Gasteiger partial charge in [-0.15, -0.1) is 69.1 Å². The van der Waals surface area contributed by atoms with Crippen LogP contribution in [0.15, 0.2) is 170 Å². The van der Waals surface area contributed by atoms with E-state index in [0.717, 1.165) is 12.8 Å². The third-order valence-electron chi connectivity index (χ3n) is 11.4. The molecule has 0 amide bonds. The topological polar surface area (TPSA) is 0 Å². The summed E-state index contributed by atoms with van der Waals surface area (Å²) in [6, 6.07) is 62.7. The van der Waals surface area contributed by atoms with Crippen molar-refractivity contribution in [2.45, 2.75) is 53.6 Å². The Balaban J connectivity index is 0.000000147. The number of fused-ring (bicyclic) bond motifs is 8. The molecule has 0 atom stereocenters. The molecule has 0 unspecified atom stereocenters. The fourth-order valence-electron chi connectivity index (χ4n) is 8.80. The SMILES string of the molecule is CC(C)Cc1cc2c(-c3cc4ccccc4c4ccccc34)cccc2[cH-]1.CC(C)Cc1cc2c(-c3cc4ccccc4c4ccccc34)cccc2[cH-]1.C[Si](C)=[Zr]([Cl])[Cl]. The van der Waals surface area contributed by atoms with Crippen LogP contribution < -0.4 is 0 Å². The maximum absolute atomic E-state index is 5.62. The summed E-state index contributed by atoms with van der Waals surface area (Å²) in [6.45, 7) is 13.5. The molecule has 0 aromatic heterocycles. The fraction of sp³-hybridized carbons (Fsp3) is 0.179. The third-order valence-corrected chi connectivity index (χ3v) is 31.1. The maximum atomic E-state index is 5.62. The second-order valence-corrected chi connectivity index (χ2v) is 40.2. The third kappa shape index (κ3) is 9.15. The first-order chi connectivity index (χ1) is 29.0. The van der Waals surface area contributed by atoms with Gasteiger partial charge >= 0.3 is 53.5 Å². The van der Waals surface area contributed by atoms with Crippen molar-refractivity contribution >= 4 is 87.1 Å². The summed E-state index contributed by atoms with van der Waals surface area (Å²) < 4.78 is 0. The average molecular weight is 915 g/mol. The van der Waals surface area contributed by atoms with E-state index in [1.165, 1.54) is 98.0 Å². The van der Waals surface area contributed by atoms with E-state index in [0.29, 0.717) is 11.8 Å². The van der Waals surface area contributed by atoms with Crippen LogP contribution in [0.5, 0.6) is 0 Å². The molecule has 10 rings (SSSR count). The van der Waals surface area contributed by atoms with Crippen molar-refractivity contribution in [1.82, 2.24) is 0 Å². The summed E-state index contributed by atoms with van der Waals surface area (Å²) >= 11 is -1.65. The van der Waals surface area contributed by atoms with E-state index in [1.54, 1.807) is 0 Å². The van der Waals surface area contributed by atoms with Gasteiger partial charge in [0.25, 0.3) is 0 Å². The van der Waals surface area contributed by atoms with Crippen LogP contribution in [0.4, 0.5) is 0 Å². The molecule has 0 aliphatic rings. The molecule has 0 bridgehead atoms. The van der Waals surface area contributed by atoms with Gasteiger partial charge in [-0.25, -0.2) is 0 Å². The van der Waals surface area contributed by atoms with Crippen molar-refractivity contribution in [1.29, 1.82) is 0 Å². The number of hydrogen-bond donors (Lipinski definition) is 0. The molecule has 60 heavy (non-hydrogen) atoms. The minimum absolute atomic E-state index is 0.224. The van der Waals surface area contributed by atoms with Crippen LogP contribution in [0.3, 0.4) is 0 Å². The summed E-state index contributed by atoms with van der Waals surface area (Å²) in [7, 11) is 11.2. The van der Waals surface area contributed by atoms with Gasteiger partial charge in [-0.3, -0.25) is 0 Å². The van der Waals surface area contributed by atoms with Crippen LogP contribution in [0.1, 0.15) is 38.8 Å². The van der Waals surface area contributed by atoms with Gasteiger partial charge in [0.15, 0.2) is 0 Å². The number of halogens is 2. The Bertz CT molecular complexity index is 2940. The zero-order valence-corrected chi connectivity index (χ0v) is 40.5. The molecule has 0 heterocycles. The first-order valence-corrected chi connectivity index (χ1v) is 33.7. The van der Waals surface area contributed by atoms with Crippen molar-refractivity contribution in [3.05, 3.63) is 181 Å². The number of rotatable bonds is 6. The van der Waals surface area contributed by atoms with Crippen molar-refractivity contribution < 1.29 is 18.0 Å². The van der Waals surface area contributed by atoms with E-state index >= 15 is 0 Å². The molecule has 0 spiro atoms. The van der Waals surface area contributed by atoms with Gasteiger partial charge in [0.05, 0.1) is 0 Å². The van der Waals surface area contributed by atoms with E-state index in [2.05, 4.69) is 211 Å². The van der Waals surface area contributed by atoms with Gasteiger partial charge in [0, 0.05) is 0 Å². The van der Waals surface area contributed by atoms with E-state index in [1.807, 2.05) is 0 Å². The zero-order valence-electron chi connectivity index (χ0n) is 35.5. The van der Waals surface area contributed by atoms with Crippen LogP contribution >= 0.6 is 17.0 Å². The summed E-state index contributed by atoms with van der Waals surface area (Å²) in [5, 5.41) is 16.0. The molecule has 0 N–H and O–H groups in total. The predicted molar refractivity (Wildman–Crippen MR) is 266 cm³/mol. The Morgan fingerprint density at radius 1 is 0.417 bits per heavy atom. The molecular formula is C56H52Cl2SiZr-2. The second kappa shape index (κ2) is 18.8. The average Bonchev–Trinajstić information content (AvgIpc) is 3.86. The first kappa shape index (κ1) is 42.4. The Kier molecular flexibility index (Phi) is 13.3. The first-order valence-electron chi connectivity index (χ1n) is 21.2. The molecular weight excluding hydrogens is 863 g/mol. The molecule has 0 saturated heterocycles. The van der Waals surface area contributed by atoms with Crippen LogP contribution in [0.25, 0.3) is 86.9 Å². The van der Waals surface area contributed by atoms with E-state index in [4.69, 9.17) is 17.0 Å². The van der Waals surface area contributed by atoms with Crippen LogP contribution in [-0.2, 0) is 30.8 Å². The summed E-state index contributed by atoms with van der Waals surface area (Å²) in [4.78, 5) is 0. The molecule has 10 aromatic rings. The van der Waals surface area contributed by atoms with Gasteiger partial charge in [-0.05, 0) is 91.0 Å². The second-order valence-electron chi connectivity index (χ2n) is 17.2. The summed E-state index contributed by atoms with van der Waals surface area (Å²) in [5.74, 6) is 1.35. The van der Waals surface area contributed by atoms with Gasteiger partial charge in [0.1, 0.15) is 0 Å². The summed E-state index contributed by atoms with van der Waals surface area (Å²) in [5.41, 5.74) is 8.00. The normalized spacial score (nSPS) is 11.4. The monoisotopic (exact) mass is 912 g/mol. The quantitative estimate of drug-likeness (QED) is 0.0886. The van der Waals surface area contributed by atoms with Crippen molar-refractivity contribution in [2.24, 2.45) is 11.8 Å².